The van der Waals surface area contributed by atoms with Gasteiger partial charge in [0.15, 0.2) is 5.76 Å². The molecule has 1 aliphatic carbocycles. The Hall–Kier alpha value is -2.96. The van der Waals surface area contributed by atoms with Crippen molar-refractivity contribution in [2.45, 2.75) is 24.8 Å². The van der Waals surface area contributed by atoms with Crippen molar-refractivity contribution in [3.05, 3.63) is 47.9 Å². The van der Waals surface area contributed by atoms with Crippen LogP contribution in [0.5, 0.6) is 11.5 Å². The smallest absolute Gasteiger partial charge is 0.289 e. The highest BCUT2D eigenvalue weighted by molar-refractivity contribution is 5.93. The molecule has 1 saturated carbocycles. The Morgan fingerprint density at radius 3 is 2.61 bits per heavy atom. The van der Waals surface area contributed by atoms with E-state index in [0.29, 0.717) is 24.6 Å². The highest BCUT2D eigenvalue weighted by Gasteiger charge is 2.43. The topological polar surface area (TPSA) is 81.0 Å². The maximum absolute atomic E-state index is 12.9. The van der Waals surface area contributed by atoms with Gasteiger partial charge in [0.2, 0.25) is 5.91 Å². The maximum atomic E-state index is 12.9. The molecule has 1 aliphatic heterocycles. The fourth-order valence-corrected chi connectivity index (χ4v) is 3.77. The van der Waals surface area contributed by atoms with E-state index in [1.807, 2.05) is 18.2 Å². The van der Waals surface area contributed by atoms with Crippen LogP contribution < -0.4 is 14.8 Å². The average molecular weight is 384 g/mol. The van der Waals surface area contributed by atoms with Crippen LogP contribution in [0.2, 0.25) is 0 Å². The number of hydrogen-bond acceptors (Lipinski definition) is 5. The molecule has 0 radical (unpaired) electrons. The number of carbonyl (C=O) groups excluding carboxylic acids is 2. The van der Waals surface area contributed by atoms with Crippen molar-refractivity contribution in [2.75, 3.05) is 27.3 Å². The van der Waals surface area contributed by atoms with E-state index < -0.39 is 0 Å². The number of amides is 2. The first-order valence-electron chi connectivity index (χ1n) is 9.45. The van der Waals surface area contributed by atoms with Crippen LogP contribution in [0.1, 0.15) is 34.9 Å². The van der Waals surface area contributed by atoms with Gasteiger partial charge in [0.25, 0.3) is 5.91 Å². The lowest BCUT2D eigenvalue weighted by atomic mass is 9.87. The third-order valence-corrected chi connectivity index (χ3v) is 5.44. The number of ether oxygens (including phenoxy) is 2. The van der Waals surface area contributed by atoms with Gasteiger partial charge >= 0.3 is 0 Å². The van der Waals surface area contributed by atoms with Crippen LogP contribution in [-0.2, 0) is 4.79 Å². The molecule has 7 heteroatoms. The number of methoxy groups -OCH3 is 2. The van der Waals surface area contributed by atoms with E-state index in [9.17, 15) is 9.59 Å². The largest absolute Gasteiger partial charge is 0.497 e. The quantitative estimate of drug-likeness (QED) is 0.827. The van der Waals surface area contributed by atoms with Crippen LogP contribution in [0, 0.1) is 5.92 Å². The molecule has 28 heavy (non-hydrogen) atoms. The minimum Gasteiger partial charge on any atom is -0.497 e. The molecule has 1 aromatic heterocycles. The van der Waals surface area contributed by atoms with Crippen LogP contribution in [0.3, 0.4) is 0 Å². The van der Waals surface area contributed by atoms with Gasteiger partial charge in [0.1, 0.15) is 11.5 Å². The summed E-state index contributed by atoms with van der Waals surface area (Å²) in [6.07, 6.45) is 3.51. The second-order valence-corrected chi connectivity index (χ2v) is 7.29. The zero-order chi connectivity index (χ0) is 19.7. The number of rotatable bonds is 6. The normalized spacial score (nSPS) is 21.4. The molecule has 7 nitrogen and oxygen atoms in total. The molecule has 2 amide bonds. The lowest BCUT2D eigenvalue weighted by molar-refractivity contribution is -0.125. The van der Waals surface area contributed by atoms with Gasteiger partial charge in [0, 0.05) is 36.7 Å². The fourth-order valence-electron chi connectivity index (χ4n) is 3.77. The van der Waals surface area contributed by atoms with Gasteiger partial charge in [-0.2, -0.15) is 0 Å². The van der Waals surface area contributed by atoms with Crippen LogP contribution in [0.25, 0.3) is 0 Å². The second kappa shape index (κ2) is 7.58. The molecule has 0 spiro atoms. The average Bonchev–Trinajstić information content (AvgIpc) is 3.21. The summed E-state index contributed by atoms with van der Waals surface area (Å²) in [5.41, 5.74) is 0.897. The Morgan fingerprint density at radius 1 is 1.14 bits per heavy atom. The van der Waals surface area contributed by atoms with Gasteiger partial charge in [-0.05, 0) is 31.0 Å². The van der Waals surface area contributed by atoms with Gasteiger partial charge in [-0.3, -0.25) is 9.59 Å². The second-order valence-electron chi connectivity index (χ2n) is 7.29. The van der Waals surface area contributed by atoms with Crippen molar-refractivity contribution in [2.24, 2.45) is 5.92 Å². The number of nitrogens with zero attached hydrogens (tertiary/aromatic N) is 1. The Bertz CT molecular complexity index is 860. The Kier molecular flexibility index (Phi) is 4.98. The van der Waals surface area contributed by atoms with Crippen LogP contribution in [-0.4, -0.2) is 50.1 Å². The monoisotopic (exact) mass is 384 g/mol. The lowest BCUT2D eigenvalue weighted by Crippen LogP contribution is -2.36. The SMILES string of the molecule is COc1ccc([C@@H]2CN(C(=O)c3ccco3)C[C@@H]2C(=O)NC2CC2)c(OC)c1. The van der Waals surface area contributed by atoms with Crippen LogP contribution in [0.4, 0.5) is 0 Å². The van der Waals surface area contributed by atoms with E-state index >= 15 is 0 Å². The molecule has 2 atom stereocenters. The van der Waals surface area contributed by atoms with Gasteiger partial charge < -0.3 is 24.1 Å². The number of hydrogen-bond donors (Lipinski definition) is 1. The third-order valence-electron chi connectivity index (χ3n) is 5.44. The zero-order valence-corrected chi connectivity index (χ0v) is 16.0. The first kappa shape index (κ1) is 18.4. The molecule has 2 aromatic rings. The number of benzene rings is 1. The van der Waals surface area contributed by atoms with Crippen molar-refractivity contribution in [3.8, 4) is 11.5 Å². The van der Waals surface area contributed by atoms with Crippen molar-refractivity contribution in [1.82, 2.24) is 10.2 Å². The highest BCUT2D eigenvalue weighted by Crippen LogP contribution is 2.40. The summed E-state index contributed by atoms with van der Waals surface area (Å²) in [4.78, 5) is 27.4. The summed E-state index contributed by atoms with van der Waals surface area (Å²) in [7, 11) is 3.19. The summed E-state index contributed by atoms with van der Waals surface area (Å²) < 4.78 is 16.1. The molecule has 1 saturated heterocycles. The predicted molar refractivity (Wildman–Crippen MR) is 102 cm³/mol. The van der Waals surface area contributed by atoms with Crippen molar-refractivity contribution in [3.63, 3.8) is 0 Å². The Morgan fingerprint density at radius 2 is 1.96 bits per heavy atom. The molecule has 0 unspecified atom stereocenters. The molecule has 0 bridgehead atoms. The molecule has 1 N–H and O–H groups in total. The molecular formula is C21H24N2O5. The molecule has 1 aromatic carbocycles. The minimum absolute atomic E-state index is 0.0138. The van der Waals surface area contributed by atoms with Gasteiger partial charge in [0.05, 0.1) is 26.4 Å². The standard InChI is InChI=1S/C21H24N2O5/c1-26-14-7-8-15(19(10-14)27-2)16-11-23(21(25)18-4-3-9-28-18)12-17(16)20(24)22-13-5-6-13/h3-4,7-10,13,16-17H,5-6,11-12H2,1-2H3,(H,22,24)/t16-,17-/m0/s1. The first-order chi connectivity index (χ1) is 13.6. The first-order valence-corrected chi connectivity index (χ1v) is 9.45. The number of nitrogens with one attached hydrogen (secondary N) is 1. The van der Waals surface area contributed by atoms with E-state index in [4.69, 9.17) is 13.9 Å². The Labute approximate surface area is 163 Å². The summed E-state index contributed by atoms with van der Waals surface area (Å²) in [5, 5.41) is 3.08. The summed E-state index contributed by atoms with van der Waals surface area (Å²) in [6.45, 7) is 0.767. The summed E-state index contributed by atoms with van der Waals surface area (Å²) in [6, 6.07) is 9.17. The minimum atomic E-state index is -0.346. The number of furan rings is 1. The van der Waals surface area contributed by atoms with Crippen molar-refractivity contribution in [1.29, 1.82) is 0 Å². The summed E-state index contributed by atoms with van der Waals surface area (Å²) >= 11 is 0. The summed E-state index contributed by atoms with van der Waals surface area (Å²) in [5.74, 6) is 0.885. The predicted octanol–water partition coefficient (Wildman–Crippen LogP) is 2.43. The molecule has 2 fully saturated rings. The van der Waals surface area contributed by atoms with E-state index in [0.717, 1.165) is 18.4 Å². The van der Waals surface area contributed by atoms with Gasteiger partial charge in [-0.1, -0.05) is 6.07 Å². The molecule has 4 rings (SSSR count). The zero-order valence-electron chi connectivity index (χ0n) is 16.0. The van der Waals surface area contributed by atoms with Crippen molar-refractivity contribution >= 4 is 11.8 Å². The Balaban J connectivity index is 1.63. The number of likely N-dealkylation sites (tertiary alicyclic amines) is 1. The molecule has 2 heterocycles. The fraction of sp³-hybridized carbons (Fsp3) is 0.429. The van der Waals surface area contributed by atoms with Crippen molar-refractivity contribution < 1.29 is 23.5 Å². The maximum Gasteiger partial charge on any atom is 0.289 e. The van der Waals surface area contributed by atoms with E-state index in [-0.39, 0.29) is 35.5 Å². The van der Waals surface area contributed by atoms with Crippen LogP contribution >= 0.6 is 0 Å². The van der Waals surface area contributed by atoms with E-state index in [1.54, 1.807) is 31.3 Å². The molecule has 2 aliphatic rings. The third kappa shape index (κ3) is 3.56. The van der Waals surface area contributed by atoms with E-state index in [2.05, 4.69) is 5.32 Å². The van der Waals surface area contributed by atoms with Gasteiger partial charge in [-0.25, -0.2) is 0 Å². The lowest BCUT2D eigenvalue weighted by Gasteiger charge is -2.20. The van der Waals surface area contributed by atoms with Gasteiger partial charge in [-0.15, -0.1) is 0 Å². The molecular weight excluding hydrogens is 360 g/mol. The molecule has 148 valence electrons. The highest BCUT2D eigenvalue weighted by atomic mass is 16.5. The van der Waals surface area contributed by atoms with Crippen LogP contribution in [0.15, 0.2) is 41.0 Å². The number of carbonyl (C=O) groups is 2. The van der Waals surface area contributed by atoms with E-state index in [1.165, 1.54) is 6.26 Å².